The predicted octanol–water partition coefficient (Wildman–Crippen LogP) is 1.73. The fourth-order valence-corrected chi connectivity index (χ4v) is 2.03. The van der Waals surface area contributed by atoms with Crippen LogP contribution in [-0.4, -0.2) is 20.9 Å². The number of nitrogens with one attached hydrogen (secondary N) is 1. The van der Waals surface area contributed by atoms with Crippen molar-refractivity contribution in [1.29, 1.82) is 0 Å². The number of hydrogen-bond donors (Lipinski definition) is 3. The van der Waals surface area contributed by atoms with Gasteiger partial charge in [0.1, 0.15) is 5.82 Å². The van der Waals surface area contributed by atoms with E-state index in [2.05, 4.69) is 16.3 Å². The standard InChI is InChI=1S/C13H15N3O/c14-12-7-11(15-16-12)10-3-1-2-9(6-10)8-13(17)4-5-13/h1-3,6-7,17H,4-5,8H2,(H3,14,15,16). The highest BCUT2D eigenvalue weighted by molar-refractivity contribution is 5.62. The molecule has 17 heavy (non-hydrogen) atoms. The quantitative estimate of drug-likeness (QED) is 0.750. The number of rotatable bonds is 3. The molecule has 4 N–H and O–H groups in total. The van der Waals surface area contributed by atoms with Crippen LogP contribution in [0.3, 0.4) is 0 Å². The number of nitrogen functional groups attached to an aromatic ring is 1. The van der Waals surface area contributed by atoms with Crippen molar-refractivity contribution in [2.75, 3.05) is 5.73 Å². The highest BCUT2D eigenvalue weighted by atomic mass is 16.3. The summed E-state index contributed by atoms with van der Waals surface area (Å²) in [6, 6.07) is 9.93. The third kappa shape index (κ3) is 2.17. The lowest BCUT2D eigenvalue weighted by Gasteiger charge is -2.08. The SMILES string of the molecule is Nc1cc(-c2cccc(CC3(O)CC3)c2)[nH]n1. The minimum atomic E-state index is -0.453. The third-order valence-electron chi connectivity index (χ3n) is 3.20. The lowest BCUT2D eigenvalue weighted by molar-refractivity contribution is 0.151. The minimum Gasteiger partial charge on any atom is -0.390 e. The van der Waals surface area contributed by atoms with Gasteiger partial charge in [-0.2, -0.15) is 5.10 Å². The number of anilines is 1. The Morgan fingerprint density at radius 3 is 2.82 bits per heavy atom. The van der Waals surface area contributed by atoms with Crippen molar-refractivity contribution in [3.63, 3.8) is 0 Å². The van der Waals surface area contributed by atoms with Gasteiger partial charge in [0.25, 0.3) is 0 Å². The molecule has 0 aliphatic heterocycles. The largest absolute Gasteiger partial charge is 0.390 e. The molecule has 1 aliphatic rings. The molecule has 0 radical (unpaired) electrons. The fraction of sp³-hybridized carbons (Fsp3) is 0.308. The molecule has 1 heterocycles. The van der Waals surface area contributed by atoms with E-state index in [0.717, 1.165) is 36.1 Å². The van der Waals surface area contributed by atoms with Gasteiger partial charge in [-0.05, 0) is 30.0 Å². The van der Waals surface area contributed by atoms with Gasteiger partial charge < -0.3 is 10.8 Å². The average Bonchev–Trinajstić information content (AvgIpc) is 2.87. The Morgan fingerprint density at radius 2 is 2.18 bits per heavy atom. The molecule has 0 spiro atoms. The maximum atomic E-state index is 9.91. The zero-order valence-corrected chi connectivity index (χ0v) is 9.48. The Morgan fingerprint density at radius 1 is 1.35 bits per heavy atom. The summed E-state index contributed by atoms with van der Waals surface area (Å²) in [6.45, 7) is 0. The molecular formula is C13H15N3O. The molecule has 1 aromatic heterocycles. The third-order valence-corrected chi connectivity index (χ3v) is 3.20. The number of benzene rings is 1. The predicted molar refractivity (Wildman–Crippen MR) is 66.3 cm³/mol. The number of H-pyrrole nitrogens is 1. The summed E-state index contributed by atoms with van der Waals surface area (Å²) in [5, 5.41) is 16.7. The van der Waals surface area contributed by atoms with Gasteiger partial charge in [-0.3, -0.25) is 5.10 Å². The molecule has 1 aliphatic carbocycles. The van der Waals surface area contributed by atoms with Crippen LogP contribution in [0.4, 0.5) is 5.82 Å². The van der Waals surface area contributed by atoms with E-state index in [9.17, 15) is 5.11 Å². The Balaban J connectivity index is 1.88. The summed E-state index contributed by atoms with van der Waals surface area (Å²) >= 11 is 0. The van der Waals surface area contributed by atoms with Crippen LogP contribution in [0.1, 0.15) is 18.4 Å². The van der Waals surface area contributed by atoms with Crippen molar-refractivity contribution < 1.29 is 5.11 Å². The number of aromatic nitrogens is 2. The van der Waals surface area contributed by atoms with E-state index in [0.29, 0.717) is 5.82 Å². The van der Waals surface area contributed by atoms with Crippen LogP contribution in [0.2, 0.25) is 0 Å². The molecule has 1 aromatic carbocycles. The Bertz CT molecular complexity index is 543. The molecule has 1 saturated carbocycles. The van der Waals surface area contributed by atoms with Gasteiger partial charge in [0.05, 0.1) is 11.3 Å². The van der Waals surface area contributed by atoms with E-state index >= 15 is 0 Å². The number of hydrogen-bond acceptors (Lipinski definition) is 3. The summed E-state index contributed by atoms with van der Waals surface area (Å²) in [4.78, 5) is 0. The highest BCUT2D eigenvalue weighted by Crippen LogP contribution is 2.38. The lowest BCUT2D eigenvalue weighted by atomic mass is 10.0. The Kier molecular flexibility index (Phi) is 2.19. The van der Waals surface area contributed by atoms with E-state index in [4.69, 9.17) is 5.73 Å². The normalized spacial score (nSPS) is 17.0. The molecular weight excluding hydrogens is 214 g/mol. The minimum absolute atomic E-state index is 0.453. The second-order valence-electron chi connectivity index (χ2n) is 4.81. The van der Waals surface area contributed by atoms with Crippen LogP contribution in [-0.2, 0) is 6.42 Å². The zero-order valence-electron chi connectivity index (χ0n) is 9.48. The molecule has 0 saturated heterocycles. The maximum absolute atomic E-state index is 9.91. The number of nitrogens with two attached hydrogens (primary N) is 1. The lowest BCUT2D eigenvalue weighted by Crippen LogP contribution is -2.10. The molecule has 0 atom stereocenters. The van der Waals surface area contributed by atoms with Crippen LogP contribution in [0.25, 0.3) is 11.3 Å². The molecule has 2 aromatic rings. The molecule has 0 amide bonds. The van der Waals surface area contributed by atoms with Crippen molar-refractivity contribution in [2.24, 2.45) is 0 Å². The second kappa shape index (κ2) is 3.60. The molecule has 4 heteroatoms. The summed E-state index contributed by atoms with van der Waals surface area (Å²) < 4.78 is 0. The van der Waals surface area contributed by atoms with Crippen molar-refractivity contribution in [3.05, 3.63) is 35.9 Å². The van der Waals surface area contributed by atoms with Gasteiger partial charge >= 0.3 is 0 Å². The van der Waals surface area contributed by atoms with Gasteiger partial charge in [0, 0.05) is 12.5 Å². The van der Waals surface area contributed by atoms with Crippen molar-refractivity contribution in [2.45, 2.75) is 24.9 Å². The first kappa shape index (κ1) is 10.4. The zero-order chi connectivity index (χ0) is 11.9. The molecule has 0 bridgehead atoms. The van der Waals surface area contributed by atoms with Crippen LogP contribution < -0.4 is 5.73 Å². The molecule has 4 nitrogen and oxygen atoms in total. The van der Waals surface area contributed by atoms with E-state index in [-0.39, 0.29) is 0 Å². The average molecular weight is 229 g/mol. The first-order valence-corrected chi connectivity index (χ1v) is 5.77. The number of aliphatic hydroxyl groups is 1. The van der Waals surface area contributed by atoms with E-state index < -0.39 is 5.60 Å². The van der Waals surface area contributed by atoms with Gasteiger partial charge in [0.2, 0.25) is 0 Å². The van der Waals surface area contributed by atoms with E-state index in [1.165, 1.54) is 0 Å². The maximum Gasteiger partial charge on any atom is 0.145 e. The smallest absolute Gasteiger partial charge is 0.145 e. The first-order valence-electron chi connectivity index (χ1n) is 5.77. The van der Waals surface area contributed by atoms with E-state index in [1.807, 2.05) is 24.3 Å². The highest BCUT2D eigenvalue weighted by Gasteiger charge is 2.40. The molecule has 3 rings (SSSR count). The summed E-state index contributed by atoms with van der Waals surface area (Å²) in [7, 11) is 0. The van der Waals surface area contributed by atoms with Gasteiger partial charge in [-0.25, -0.2) is 0 Å². The van der Waals surface area contributed by atoms with Gasteiger partial charge in [0.15, 0.2) is 0 Å². The first-order chi connectivity index (χ1) is 8.15. The monoisotopic (exact) mass is 229 g/mol. The molecule has 1 fully saturated rings. The van der Waals surface area contributed by atoms with Crippen LogP contribution in [0.15, 0.2) is 30.3 Å². The van der Waals surface area contributed by atoms with Gasteiger partial charge in [-0.15, -0.1) is 0 Å². The summed E-state index contributed by atoms with van der Waals surface area (Å²) in [6.07, 6.45) is 2.55. The molecule has 88 valence electrons. The van der Waals surface area contributed by atoms with Crippen LogP contribution in [0, 0.1) is 0 Å². The van der Waals surface area contributed by atoms with Crippen molar-refractivity contribution >= 4 is 5.82 Å². The van der Waals surface area contributed by atoms with E-state index in [1.54, 1.807) is 0 Å². The van der Waals surface area contributed by atoms with Crippen molar-refractivity contribution in [3.8, 4) is 11.3 Å². The number of nitrogens with zero attached hydrogens (tertiary/aromatic N) is 1. The topological polar surface area (TPSA) is 74.9 Å². The Hall–Kier alpha value is -1.81. The number of aromatic amines is 1. The summed E-state index contributed by atoms with van der Waals surface area (Å²) in [5.41, 5.74) is 8.24. The Labute approximate surface area is 99.5 Å². The van der Waals surface area contributed by atoms with Gasteiger partial charge in [-0.1, -0.05) is 18.2 Å². The van der Waals surface area contributed by atoms with Crippen LogP contribution >= 0.6 is 0 Å². The summed E-state index contributed by atoms with van der Waals surface area (Å²) in [5.74, 6) is 0.492. The van der Waals surface area contributed by atoms with Crippen molar-refractivity contribution in [1.82, 2.24) is 10.2 Å². The van der Waals surface area contributed by atoms with Crippen LogP contribution in [0.5, 0.6) is 0 Å². The molecule has 0 unspecified atom stereocenters. The second-order valence-corrected chi connectivity index (χ2v) is 4.81. The fourth-order valence-electron chi connectivity index (χ4n) is 2.03.